The van der Waals surface area contributed by atoms with Gasteiger partial charge in [0.05, 0.1) is 17.4 Å². The average Bonchev–Trinajstić information content (AvgIpc) is 3.00. The smallest absolute Gasteiger partial charge is 0.257 e. The predicted octanol–water partition coefficient (Wildman–Crippen LogP) is 2.31. The summed E-state index contributed by atoms with van der Waals surface area (Å²) in [6, 6.07) is 1.72. The van der Waals surface area contributed by atoms with Gasteiger partial charge in [-0.15, -0.1) is 0 Å². The SMILES string of the molecule is C[C@@H]1COC2(CCN(C(=O)c3ccoc3)CC2)C1. The van der Waals surface area contributed by atoms with E-state index in [1.807, 2.05) is 4.90 Å². The summed E-state index contributed by atoms with van der Waals surface area (Å²) in [5.41, 5.74) is 0.693. The van der Waals surface area contributed by atoms with E-state index in [-0.39, 0.29) is 11.5 Å². The van der Waals surface area contributed by atoms with Crippen molar-refractivity contribution in [2.24, 2.45) is 5.92 Å². The number of carbonyl (C=O) groups excluding carboxylic acids is 1. The van der Waals surface area contributed by atoms with Crippen LogP contribution in [0.4, 0.5) is 0 Å². The van der Waals surface area contributed by atoms with E-state index in [1.54, 1.807) is 12.3 Å². The molecule has 1 aromatic rings. The summed E-state index contributed by atoms with van der Waals surface area (Å²) in [5, 5.41) is 0. The fraction of sp³-hybridized carbons (Fsp3) is 0.643. The van der Waals surface area contributed by atoms with Crippen LogP contribution in [0.1, 0.15) is 36.5 Å². The first-order valence-corrected chi connectivity index (χ1v) is 6.64. The van der Waals surface area contributed by atoms with E-state index >= 15 is 0 Å². The first-order valence-electron chi connectivity index (χ1n) is 6.64. The van der Waals surface area contributed by atoms with Gasteiger partial charge in [0.1, 0.15) is 6.26 Å². The summed E-state index contributed by atoms with van der Waals surface area (Å²) >= 11 is 0. The third kappa shape index (κ3) is 2.05. The fourth-order valence-electron chi connectivity index (χ4n) is 3.11. The Morgan fingerprint density at radius 1 is 1.44 bits per heavy atom. The zero-order valence-corrected chi connectivity index (χ0v) is 10.7. The maximum absolute atomic E-state index is 12.2. The van der Waals surface area contributed by atoms with Gasteiger partial charge in [0.2, 0.25) is 0 Å². The number of nitrogens with zero attached hydrogens (tertiary/aromatic N) is 1. The molecule has 0 saturated carbocycles. The molecule has 0 bridgehead atoms. The van der Waals surface area contributed by atoms with E-state index in [2.05, 4.69) is 6.92 Å². The number of hydrogen-bond donors (Lipinski definition) is 0. The van der Waals surface area contributed by atoms with Crippen molar-refractivity contribution >= 4 is 5.91 Å². The molecule has 1 amide bonds. The molecule has 1 atom stereocenters. The minimum atomic E-state index is 0.0482. The molecule has 0 N–H and O–H groups in total. The average molecular weight is 249 g/mol. The first-order chi connectivity index (χ1) is 8.69. The van der Waals surface area contributed by atoms with Crippen LogP contribution in [0.25, 0.3) is 0 Å². The molecular weight excluding hydrogens is 230 g/mol. The molecule has 0 aromatic carbocycles. The fourth-order valence-corrected chi connectivity index (χ4v) is 3.11. The van der Waals surface area contributed by atoms with Crippen LogP contribution in [-0.2, 0) is 4.74 Å². The van der Waals surface area contributed by atoms with Gasteiger partial charge < -0.3 is 14.1 Å². The third-order valence-electron chi connectivity index (χ3n) is 4.12. The van der Waals surface area contributed by atoms with Crippen LogP contribution in [0.2, 0.25) is 0 Å². The maximum atomic E-state index is 12.2. The molecule has 4 heteroatoms. The first kappa shape index (κ1) is 11.8. The van der Waals surface area contributed by atoms with E-state index in [0.29, 0.717) is 11.5 Å². The third-order valence-corrected chi connectivity index (χ3v) is 4.12. The van der Waals surface area contributed by atoms with Gasteiger partial charge in [-0.25, -0.2) is 0 Å². The predicted molar refractivity (Wildman–Crippen MR) is 66.3 cm³/mol. The molecule has 2 fully saturated rings. The van der Waals surface area contributed by atoms with Crippen molar-refractivity contribution in [3.8, 4) is 0 Å². The minimum absolute atomic E-state index is 0.0482. The molecule has 0 radical (unpaired) electrons. The Kier molecular flexibility index (Phi) is 2.90. The molecular formula is C14H19NO3. The summed E-state index contributed by atoms with van der Waals surface area (Å²) in [4.78, 5) is 14.1. The van der Waals surface area contributed by atoms with Gasteiger partial charge in [0.25, 0.3) is 5.91 Å². The second kappa shape index (κ2) is 4.43. The van der Waals surface area contributed by atoms with E-state index < -0.39 is 0 Å². The lowest BCUT2D eigenvalue weighted by Crippen LogP contribution is -2.46. The van der Waals surface area contributed by atoms with Crippen molar-refractivity contribution in [1.82, 2.24) is 4.90 Å². The second-order valence-electron chi connectivity index (χ2n) is 5.61. The van der Waals surface area contributed by atoms with Crippen LogP contribution in [-0.4, -0.2) is 36.1 Å². The van der Waals surface area contributed by atoms with Crippen molar-refractivity contribution in [3.05, 3.63) is 24.2 Å². The van der Waals surface area contributed by atoms with Gasteiger partial charge in [-0.2, -0.15) is 0 Å². The quantitative estimate of drug-likeness (QED) is 0.767. The summed E-state index contributed by atoms with van der Waals surface area (Å²) in [6.45, 7) is 4.68. The normalized spacial score (nSPS) is 26.7. The zero-order valence-electron chi connectivity index (χ0n) is 10.7. The Labute approximate surface area is 107 Å². The Morgan fingerprint density at radius 3 is 2.78 bits per heavy atom. The number of furan rings is 1. The standard InChI is InChI=1S/C14H19NO3/c1-11-8-14(18-9-11)3-5-15(6-4-14)13(16)12-2-7-17-10-12/h2,7,10-11H,3-6,8-9H2,1H3/t11-/m0/s1. The summed E-state index contributed by atoms with van der Waals surface area (Å²) < 4.78 is 10.9. The van der Waals surface area contributed by atoms with Crippen molar-refractivity contribution in [1.29, 1.82) is 0 Å². The van der Waals surface area contributed by atoms with Gasteiger partial charge in [0.15, 0.2) is 0 Å². The Hall–Kier alpha value is -1.29. The number of rotatable bonds is 1. The molecule has 3 rings (SSSR count). The monoisotopic (exact) mass is 249 g/mol. The molecule has 2 aliphatic rings. The molecule has 18 heavy (non-hydrogen) atoms. The van der Waals surface area contributed by atoms with Crippen LogP contribution >= 0.6 is 0 Å². The van der Waals surface area contributed by atoms with Crippen molar-refractivity contribution < 1.29 is 13.9 Å². The number of amides is 1. The summed E-state index contributed by atoms with van der Waals surface area (Å²) in [7, 11) is 0. The van der Waals surface area contributed by atoms with Gasteiger partial charge in [-0.1, -0.05) is 6.92 Å². The molecule has 1 aromatic heterocycles. The van der Waals surface area contributed by atoms with E-state index in [9.17, 15) is 4.79 Å². The van der Waals surface area contributed by atoms with Crippen molar-refractivity contribution in [2.75, 3.05) is 19.7 Å². The van der Waals surface area contributed by atoms with E-state index in [1.165, 1.54) is 6.26 Å². The highest BCUT2D eigenvalue weighted by atomic mass is 16.5. The second-order valence-corrected chi connectivity index (χ2v) is 5.61. The lowest BCUT2D eigenvalue weighted by atomic mass is 9.86. The lowest BCUT2D eigenvalue weighted by molar-refractivity contribution is -0.0390. The number of ether oxygens (including phenoxy) is 1. The number of carbonyl (C=O) groups is 1. The van der Waals surface area contributed by atoms with Crippen LogP contribution < -0.4 is 0 Å². The Bertz CT molecular complexity index is 418. The van der Waals surface area contributed by atoms with Gasteiger partial charge in [0, 0.05) is 19.7 Å². The Balaban J connectivity index is 1.62. The minimum Gasteiger partial charge on any atom is -0.472 e. The van der Waals surface area contributed by atoms with E-state index in [4.69, 9.17) is 9.15 Å². The molecule has 4 nitrogen and oxygen atoms in total. The van der Waals surface area contributed by atoms with Crippen molar-refractivity contribution in [2.45, 2.75) is 31.8 Å². The largest absolute Gasteiger partial charge is 0.472 e. The van der Waals surface area contributed by atoms with E-state index in [0.717, 1.165) is 39.0 Å². The van der Waals surface area contributed by atoms with Crippen LogP contribution in [0.5, 0.6) is 0 Å². The van der Waals surface area contributed by atoms with Gasteiger partial charge in [-0.3, -0.25) is 4.79 Å². The topological polar surface area (TPSA) is 42.7 Å². The van der Waals surface area contributed by atoms with Crippen LogP contribution in [0, 0.1) is 5.92 Å². The maximum Gasteiger partial charge on any atom is 0.257 e. The highest BCUT2D eigenvalue weighted by Crippen LogP contribution is 2.38. The summed E-state index contributed by atoms with van der Waals surface area (Å²) in [6.07, 6.45) is 6.11. The van der Waals surface area contributed by atoms with Gasteiger partial charge in [-0.05, 0) is 31.2 Å². The van der Waals surface area contributed by atoms with Crippen LogP contribution in [0.15, 0.2) is 23.0 Å². The number of piperidine rings is 1. The molecule has 0 aliphatic carbocycles. The summed E-state index contributed by atoms with van der Waals surface area (Å²) in [5.74, 6) is 0.728. The highest BCUT2D eigenvalue weighted by Gasteiger charge is 2.42. The van der Waals surface area contributed by atoms with Crippen molar-refractivity contribution in [3.63, 3.8) is 0 Å². The van der Waals surface area contributed by atoms with Crippen LogP contribution in [0.3, 0.4) is 0 Å². The highest BCUT2D eigenvalue weighted by molar-refractivity contribution is 5.93. The molecule has 2 saturated heterocycles. The molecule has 2 aliphatic heterocycles. The lowest BCUT2D eigenvalue weighted by Gasteiger charge is -2.38. The Morgan fingerprint density at radius 2 is 2.22 bits per heavy atom. The molecule has 0 unspecified atom stereocenters. The molecule has 1 spiro atoms. The number of hydrogen-bond acceptors (Lipinski definition) is 3. The molecule has 3 heterocycles. The van der Waals surface area contributed by atoms with Gasteiger partial charge >= 0.3 is 0 Å². The zero-order chi connectivity index (χ0) is 12.6. The molecule has 98 valence electrons. The number of likely N-dealkylation sites (tertiary alicyclic amines) is 1.